The van der Waals surface area contributed by atoms with Crippen molar-refractivity contribution in [2.24, 2.45) is 0 Å². The Kier molecular flexibility index (Phi) is 6.20. The molecule has 0 aliphatic rings. The van der Waals surface area contributed by atoms with Gasteiger partial charge in [0.2, 0.25) is 0 Å². The van der Waals surface area contributed by atoms with Crippen LogP contribution in [0, 0.1) is 11.6 Å². The van der Waals surface area contributed by atoms with Gasteiger partial charge in [0.25, 0.3) is 5.91 Å². The van der Waals surface area contributed by atoms with Crippen molar-refractivity contribution in [1.82, 2.24) is 29.3 Å². The van der Waals surface area contributed by atoms with E-state index in [-0.39, 0.29) is 17.2 Å². The Morgan fingerprint density at radius 1 is 0.946 bits per heavy atom. The number of amides is 1. The Balaban J connectivity index is 1.45. The predicted octanol–water partition coefficient (Wildman–Crippen LogP) is 3.83. The number of para-hydroxylation sites is 1. The molecule has 5 rings (SSSR count). The van der Waals surface area contributed by atoms with Crippen molar-refractivity contribution in [3.05, 3.63) is 102 Å². The second-order valence-corrected chi connectivity index (χ2v) is 7.65. The summed E-state index contributed by atoms with van der Waals surface area (Å²) in [6.45, 7) is 0. The minimum Gasteiger partial charge on any atom is -0.464 e. The quantitative estimate of drug-likeness (QED) is 0.352. The highest BCUT2D eigenvalue weighted by Crippen LogP contribution is 2.23. The summed E-state index contributed by atoms with van der Waals surface area (Å²) < 4.78 is 36.7. The molecule has 3 heterocycles. The number of carbonyl (C=O) groups is 2. The normalized spacial score (nSPS) is 10.8. The Morgan fingerprint density at radius 2 is 1.76 bits per heavy atom. The molecule has 5 aromatic rings. The topological polar surface area (TPSA) is 117 Å². The van der Waals surface area contributed by atoms with Gasteiger partial charge in [-0.15, -0.1) is 10.2 Å². The number of ether oxygens (including phenoxy) is 1. The summed E-state index contributed by atoms with van der Waals surface area (Å²) in [6, 6.07) is 15.7. The molecule has 0 radical (unpaired) electrons. The summed E-state index contributed by atoms with van der Waals surface area (Å²) in [6.07, 6.45) is 3.85. The fourth-order valence-electron chi connectivity index (χ4n) is 3.64. The molecule has 0 fully saturated rings. The number of pyridine rings is 1. The molecule has 184 valence electrons. The third-order valence-corrected chi connectivity index (χ3v) is 5.38. The Morgan fingerprint density at radius 3 is 2.54 bits per heavy atom. The van der Waals surface area contributed by atoms with E-state index in [1.807, 2.05) is 30.3 Å². The van der Waals surface area contributed by atoms with Crippen molar-refractivity contribution in [1.29, 1.82) is 0 Å². The highest BCUT2D eigenvalue weighted by molar-refractivity contribution is 6.04. The smallest absolute Gasteiger partial charge is 0.356 e. The van der Waals surface area contributed by atoms with Crippen LogP contribution in [0.1, 0.15) is 20.8 Å². The fourth-order valence-corrected chi connectivity index (χ4v) is 3.64. The number of benzene rings is 2. The van der Waals surface area contributed by atoms with Gasteiger partial charge in [-0.25, -0.2) is 23.5 Å². The van der Waals surface area contributed by atoms with Crippen LogP contribution in [0.4, 0.5) is 14.6 Å². The minimum atomic E-state index is -1.10. The van der Waals surface area contributed by atoms with Gasteiger partial charge in [-0.05, 0) is 30.3 Å². The van der Waals surface area contributed by atoms with E-state index in [1.54, 1.807) is 16.7 Å². The summed E-state index contributed by atoms with van der Waals surface area (Å²) in [5, 5.41) is 10.6. The van der Waals surface area contributed by atoms with Crippen LogP contribution in [-0.2, 0) is 4.74 Å². The lowest BCUT2D eigenvalue weighted by Gasteiger charge is -2.12. The molecule has 1 amide bonds. The Labute approximate surface area is 208 Å². The summed E-state index contributed by atoms with van der Waals surface area (Å²) >= 11 is 0. The third-order valence-electron chi connectivity index (χ3n) is 5.38. The Bertz CT molecular complexity index is 1620. The number of hydrogen-bond donors (Lipinski definition) is 1. The average molecular weight is 501 g/mol. The molecule has 0 atom stereocenters. The van der Waals surface area contributed by atoms with Crippen LogP contribution in [0.5, 0.6) is 0 Å². The number of nitrogens with zero attached hydrogens (tertiary/aromatic N) is 6. The number of methoxy groups -OCH3 is 1. The lowest BCUT2D eigenvalue weighted by Crippen LogP contribution is -2.17. The molecule has 0 unspecified atom stereocenters. The van der Waals surface area contributed by atoms with Gasteiger partial charge in [0.05, 0.1) is 30.9 Å². The average Bonchev–Trinajstić information content (AvgIpc) is 3.59. The van der Waals surface area contributed by atoms with E-state index in [4.69, 9.17) is 0 Å². The number of halogens is 2. The summed E-state index contributed by atoms with van der Waals surface area (Å²) in [7, 11) is 1.16. The monoisotopic (exact) mass is 501 g/mol. The van der Waals surface area contributed by atoms with E-state index in [9.17, 15) is 18.4 Å². The molecule has 3 aromatic heterocycles. The zero-order chi connectivity index (χ0) is 25.9. The zero-order valence-electron chi connectivity index (χ0n) is 19.2. The van der Waals surface area contributed by atoms with Gasteiger partial charge in [-0.1, -0.05) is 24.3 Å². The van der Waals surface area contributed by atoms with Crippen LogP contribution in [0.15, 0.2) is 79.5 Å². The first-order valence-corrected chi connectivity index (χ1v) is 10.8. The first-order chi connectivity index (χ1) is 18.0. The van der Waals surface area contributed by atoms with Gasteiger partial charge in [-0.3, -0.25) is 13.9 Å². The standard InChI is InChI=1S/C25H17F2N7O3/c1-37-25(36)21-12-28-13-34(21)20-10-16(17(26)11-18(20)27)24(35)31-22-9-5-8-19(30-22)23-32-29-14-33(23)15-6-3-2-4-7-15/h2-14H,1H3,(H,30,31,35). The van der Waals surface area contributed by atoms with E-state index < -0.39 is 29.1 Å². The molecule has 0 bridgehead atoms. The minimum absolute atomic E-state index is 0.101. The number of esters is 1. The van der Waals surface area contributed by atoms with E-state index in [0.717, 1.165) is 36.0 Å². The third kappa shape index (κ3) is 4.55. The number of anilines is 1. The van der Waals surface area contributed by atoms with E-state index in [2.05, 4.69) is 30.2 Å². The molecule has 12 heteroatoms. The maximum atomic E-state index is 14.6. The molecule has 0 saturated heterocycles. The largest absolute Gasteiger partial charge is 0.464 e. The van der Waals surface area contributed by atoms with Crippen molar-refractivity contribution in [3.8, 4) is 22.9 Å². The molecule has 0 aliphatic heterocycles. The maximum absolute atomic E-state index is 14.6. The molecular weight excluding hydrogens is 484 g/mol. The van der Waals surface area contributed by atoms with Gasteiger partial charge >= 0.3 is 5.97 Å². The summed E-state index contributed by atoms with van der Waals surface area (Å²) in [5.74, 6) is -3.23. The molecule has 0 spiro atoms. The van der Waals surface area contributed by atoms with E-state index in [1.165, 1.54) is 12.4 Å². The fraction of sp³-hybridized carbons (Fsp3) is 0.0400. The van der Waals surface area contributed by atoms with Crippen molar-refractivity contribution in [2.75, 3.05) is 12.4 Å². The second kappa shape index (κ2) is 9.77. The van der Waals surface area contributed by atoms with Gasteiger partial charge in [-0.2, -0.15) is 0 Å². The number of imidazole rings is 1. The van der Waals surface area contributed by atoms with Crippen molar-refractivity contribution < 1.29 is 23.1 Å². The molecular formula is C25H17F2N7O3. The number of carbonyl (C=O) groups excluding carboxylic acids is 2. The Hall–Kier alpha value is -5.26. The first kappa shape index (κ1) is 23.5. The van der Waals surface area contributed by atoms with Gasteiger partial charge in [0, 0.05) is 11.8 Å². The van der Waals surface area contributed by atoms with Crippen LogP contribution in [0.3, 0.4) is 0 Å². The molecule has 0 saturated carbocycles. The molecule has 10 nitrogen and oxygen atoms in total. The number of rotatable bonds is 6. The van der Waals surface area contributed by atoms with Crippen LogP contribution >= 0.6 is 0 Å². The lowest BCUT2D eigenvalue weighted by molar-refractivity contribution is 0.0591. The maximum Gasteiger partial charge on any atom is 0.356 e. The summed E-state index contributed by atoms with van der Waals surface area (Å²) in [5.41, 5.74) is 0.380. The number of aromatic nitrogens is 6. The van der Waals surface area contributed by atoms with Crippen LogP contribution in [0.25, 0.3) is 22.9 Å². The van der Waals surface area contributed by atoms with E-state index >= 15 is 0 Å². The van der Waals surface area contributed by atoms with Crippen molar-refractivity contribution in [2.45, 2.75) is 0 Å². The van der Waals surface area contributed by atoms with Crippen LogP contribution < -0.4 is 5.32 Å². The SMILES string of the molecule is COC(=O)c1cncn1-c1cc(C(=O)Nc2cccc(-c3nncn3-c3ccccc3)n2)c(F)cc1F. The first-order valence-electron chi connectivity index (χ1n) is 10.8. The van der Waals surface area contributed by atoms with Gasteiger partial charge < -0.3 is 10.1 Å². The van der Waals surface area contributed by atoms with Gasteiger partial charge in [0.1, 0.15) is 29.5 Å². The van der Waals surface area contributed by atoms with Gasteiger partial charge in [0.15, 0.2) is 11.5 Å². The second-order valence-electron chi connectivity index (χ2n) is 7.65. The predicted molar refractivity (Wildman–Crippen MR) is 127 cm³/mol. The van der Waals surface area contributed by atoms with Crippen LogP contribution in [0.2, 0.25) is 0 Å². The van der Waals surface area contributed by atoms with Crippen LogP contribution in [-0.4, -0.2) is 48.3 Å². The number of nitrogens with one attached hydrogen (secondary N) is 1. The molecule has 2 aromatic carbocycles. The highest BCUT2D eigenvalue weighted by Gasteiger charge is 2.21. The zero-order valence-corrected chi connectivity index (χ0v) is 19.2. The van der Waals surface area contributed by atoms with E-state index in [0.29, 0.717) is 17.6 Å². The van der Waals surface area contributed by atoms with Crippen molar-refractivity contribution in [3.63, 3.8) is 0 Å². The summed E-state index contributed by atoms with van der Waals surface area (Å²) in [4.78, 5) is 33.2. The lowest BCUT2D eigenvalue weighted by atomic mass is 10.1. The van der Waals surface area contributed by atoms with Crippen molar-refractivity contribution >= 4 is 17.7 Å². The molecule has 0 aliphatic carbocycles. The molecule has 1 N–H and O–H groups in total. The molecule has 37 heavy (non-hydrogen) atoms. The number of hydrogen-bond acceptors (Lipinski definition) is 7. The highest BCUT2D eigenvalue weighted by atomic mass is 19.1.